The van der Waals surface area contributed by atoms with E-state index in [9.17, 15) is 0 Å². The van der Waals surface area contributed by atoms with Crippen LogP contribution in [0.15, 0.2) is 163 Å². The van der Waals surface area contributed by atoms with Gasteiger partial charge in [-0.05, 0) is 34.3 Å². The van der Waals surface area contributed by atoms with Gasteiger partial charge in [-0.2, -0.15) is 0 Å². The number of allylic oxidation sites excluding steroid dienone is 8. The number of hydrogen-bond acceptors (Lipinski definition) is 1. The number of rotatable bonds is 7. The molecule has 0 N–H and O–H groups in total. The summed E-state index contributed by atoms with van der Waals surface area (Å²) in [6.07, 6.45) is 17.4. The van der Waals surface area contributed by atoms with Crippen molar-refractivity contribution in [2.75, 3.05) is 0 Å². The van der Waals surface area contributed by atoms with Crippen LogP contribution in [-0.4, -0.2) is 13.7 Å². The molecule has 0 fully saturated rings. The molecule has 3 atom stereocenters. The van der Waals surface area contributed by atoms with E-state index in [0.717, 1.165) is 23.5 Å². The molecule has 0 saturated heterocycles. The lowest BCUT2D eigenvalue weighted by Gasteiger charge is -2.37. The van der Waals surface area contributed by atoms with Gasteiger partial charge in [0, 0.05) is 16.3 Å². The molecule has 4 aromatic rings. The van der Waals surface area contributed by atoms with Crippen LogP contribution < -0.4 is 26.2 Å². The molecule has 0 bridgehead atoms. The van der Waals surface area contributed by atoms with E-state index in [1.807, 2.05) is 30.3 Å². The van der Waals surface area contributed by atoms with E-state index in [0.29, 0.717) is 0 Å². The number of hydrogen-bond donors (Lipinski definition) is 0. The van der Waals surface area contributed by atoms with Crippen molar-refractivity contribution in [3.05, 3.63) is 163 Å². The Kier molecular flexibility index (Phi) is 7.56. The van der Waals surface area contributed by atoms with Gasteiger partial charge in [0.2, 0.25) is 0 Å². The highest BCUT2D eigenvalue weighted by Gasteiger charge is 2.44. The zero-order valence-electron chi connectivity index (χ0n) is 22.9. The predicted octanol–water partition coefficient (Wildman–Crippen LogP) is 6.42. The van der Waals surface area contributed by atoms with E-state index in [-0.39, 0.29) is 11.6 Å². The summed E-state index contributed by atoms with van der Waals surface area (Å²) < 4.78 is 15.3. The minimum Gasteiger partial charge on any atom is -0.313 e. The first-order valence-electron chi connectivity index (χ1n) is 14.2. The molecule has 40 heavy (non-hydrogen) atoms. The Morgan fingerprint density at radius 3 is 1.70 bits per heavy atom. The summed E-state index contributed by atoms with van der Waals surface area (Å²) in [6.45, 7) is 2.18. The highest BCUT2D eigenvalue weighted by atomic mass is 31.2. The maximum atomic E-state index is 15.3. The molecule has 6 rings (SSSR count). The Morgan fingerprint density at radius 1 is 0.625 bits per heavy atom. The van der Waals surface area contributed by atoms with Crippen LogP contribution in [0.5, 0.6) is 0 Å². The smallest absolute Gasteiger partial charge is 0.175 e. The fourth-order valence-corrected chi connectivity index (χ4v) is 14.9. The van der Waals surface area contributed by atoms with Gasteiger partial charge in [0.15, 0.2) is 8.07 Å². The van der Waals surface area contributed by atoms with E-state index in [2.05, 4.69) is 134 Å². The van der Waals surface area contributed by atoms with Gasteiger partial charge < -0.3 is 4.57 Å². The summed E-state index contributed by atoms with van der Waals surface area (Å²) in [4.78, 5) is 0. The SMILES string of the molecule is CC1C=CC=CC1P(=O)(c1ccccc1)c1ccc([Si](C2=CC=CCC2)(c2ccccc2)c2ccccc2)cc1. The van der Waals surface area contributed by atoms with E-state index in [1.165, 1.54) is 20.8 Å². The lowest BCUT2D eigenvalue weighted by molar-refractivity contribution is 0.572. The molecule has 0 radical (unpaired) electrons. The maximum Gasteiger partial charge on any atom is 0.175 e. The van der Waals surface area contributed by atoms with Gasteiger partial charge in [-0.3, -0.25) is 0 Å². The summed E-state index contributed by atoms with van der Waals surface area (Å²) in [5, 5.41) is 7.48. The molecule has 3 heteroatoms. The van der Waals surface area contributed by atoms with Gasteiger partial charge >= 0.3 is 0 Å². The fraction of sp³-hybridized carbons (Fsp3) is 0.135. The van der Waals surface area contributed by atoms with E-state index in [1.54, 1.807) is 0 Å². The lowest BCUT2D eigenvalue weighted by Crippen LogP contribution is -2.68. The van der Waals surface area contributed by atoms with E-state index in [4.69, 9.17) is 0 Å². The third-order valence-corrected chi connectivity index (χ3v) is 17.1. The van der Waals surface area contributed by atoms with Crippen molar-refractivity contribution in [1.82, 2.24) is 0 Å². The van der Waals surface area contributed by atoms with Crippen LogP contribution >= 0.6 is 7.14 Å². The molecule has 4 aromatic carbocycles. The molecule has 0 spiro atoms. The van der Waals surface area contributed by atoms with E-state index < -0.39 is 15.2 Å². The molecule has 0 saturated carbocycles. The Morgan fingerprint density at radius 2 is 1.15 bits per heavy atom. The van der Waals surface area contributed by atoms with Crippen molar-refractivity contribution < 1.29 is 4.57 Å². The van der Waals surface area contributed by atoms with Gasteiger partial charge in [-0.1, -0.05) is 170 Å². The van der Waals surface area contributed by atoms with Gasteiger partial charge in [0.25, 0.3) is 0 Å². The summed E-state index contributed by atoms with van der Waals surface area (Å²) in [5.41, 5.74) is -0.0674. The molecule has 0 amide bonds. The molecule has 0 heterocycles. The average molecular weight is 555 g/mol. The molecular formula is C37H35OPSi. The molecule has 0 aliphatic heterocycles. The lowest BCUT2D eigenvalue weighted by atomic mass is 10.0. The molecule has 198 valence electrons. The Labute approximate surface area is 239 Å². The second-order valence-electron chi connectivity index (χ2n) is 10.8. The molecular weight excluding hydrogens is 519 g/mol. The van der Waals surface area contributed by atoms with Crippen molar-refractivity contribution in [3.63, 3.8) is 0 Å². The third-order valence-electron chi connectivity index (χ3n) is 8.53. The van der Waals surface area contributed by atoms with Crippen LogP contribution in [0, 0.1) is 5.92 Å². The largest absolute Gasteiger partial charge is 0.313 e. The standard InChI is InChI=1S/C37H35OPSi/c1-30-16-14-15-25-37(30)39(38,31-17-6-2-7-18-31)32-26-28-36(29-27-32)40(33-19-8-3-9-20-33,34-21-10-4-11-22-34)35-23-12-5-13-24-35/h2-12,14-23,25-30,37H,13,24H2,1H3. The Bertz CT molecular complexity index is 1580. The highest BCUT2D eigenvalue weighted by molar-refractivity contribution is 7.79. The fourth-order valence-electron chi connectivity index (χ4n) is 6.58. The van der Waals surface area contributed by atoms with Gasteiger partial charge in [0.05, 0.1) is 0 Å². The topological polar surface area (TPSA) is 17.1 Å². The van der Waals surface area contributed by atoms with Gasteiger partial charge in [0.1, 0.15) is 7.14 Å². The second-order valence-corrected chi connectivity index (χ2v) is 17.6. The minimum atomic E-state index is -2.95. The average Bonchev–Trinajstić information content (AvgIpc) is 3.04. The normalized spacial score (nSPS) is 20.1. The van der Waals surface area contributed by atoms with Crippen LogP contribution in [0.2, 0.25) is 0 Å². The number of benzene rings is 4. The van der Waals surface area contributed by atoms with Crippen molar-refractivity contribution >= 4 is 41.4 Å². The molecule has 0 aromatic heterocycles. The van der Waals surface area contributed by atoms with Crippen LogP contribution in [0.1, 0.15) is 19.8 Å². The van der Waals surface area contributed by atoms with Crippen LogP contribution in [0.3, 0.4) is 0 Å². The first-order valence-corrected chi connectivity index (χ1v) is 18.0. The van der Waals surface area contributed by atoms with Crippen molar-refractivity contribution in [3.8, 4) is 0 Å². The van der Waals surface area contributed by atoms with Crippen LogP contribution in [-0.2, 0) is 4.57 Å². The zero-order valence-corrected chi connectivity index (χ0v) is 24.8. The summed E-state index contributed by atoms with van der Waals surface area (Å²) in [7, 11) is -5.49. The van der Waals surface area contributed by atoms with Crippen LogP contribution in [0.25, 0.3) is 0 Å². The summed E-state index contributed by atoms with van der Waals surface area (Å²) in [5.74, 6) is 0.192. The zero-order chi connectivity index (χ0) is 27.4. The quantitative estimate of drug-likeness (QED) is 0.146. The second kappa shape index (κ2) is 11.4. The van der Waals surface area contributed by atoms with Crippen molar-refractivity contribution in [2.45, 2.75) is 25.4 Å². The molecule has 1 nitrogen and oxygen atoms in total. The first kappa shape index (κ1) is 26.5. The monoisotopic (exact) mass is 554 g/mol. The minimum absolute atomic E-state index is 0.0674. The van der Waals surface area contributed by atoms with Gasteiger partial charge in [-0.25, -0.2) is 0 Å². The summed E-state index contributed by atoms with van der Waals surface area (Å²) in [6, 6.07) is 41.2. The maximum absolute atomic E-state index is 15.3. The summed E-state index contributed by atoms with van der Waals surface area (Å²) >= 11 is 0. The third kappa shape index (κ3) is 4.56. The Hall–Kier alpha value is -3.71. The first-order chi connectivity index (χ1) is 19.6. The van der Waals surface area contributed by atoms with E-state index >= 15 is 4.57 Å². The van der Waals surface area contributed by atoms with Crippen molar-refractivity contribution in [1.29, 1.82) is 0 Å². The van der Waals surface area contributed by atoms with Gasteiger partial charge in [-0.15, -0.1) is 0 Å². The Balaban J connectivity index is 1.57. The molecule has 3 unspecified atom stereocenters. The predicted molar refractivity (Wildman–Crippen MR) is 175 cm³/mol. The molecule has 2 aliphatic rings. The highest BCUT2D eigenvalue weighted by Crippen LogP contribution is 2.53. The van der Waals surface area contributed by atoms with Crippen molar-refractivity contribution in [2.24, 2.45) is 5.92 Å². The van der Waals surface area contributed by atoms with Crippen LogP contribution in [0.4, 0.5) is 0 Å². The molecule has 2 aliphatic carbocycles.